The highest BCUT2D eigenvalue weighted by Gasteiger charge is 2.25. The molecule has 3 nitrogen and oxygen atoms in total. The fraction of sp³-hybridized carbons (Fsp3) is 1.00. The first-order valence-electron chi connectivity index (χ1n) is 7.42. The largest absolute Gasteiger partial charge is 0.372 e. The molecule has 0 aromatic rings. The van der Waals surface area contributed by atoms with Crippen LogP contribution in [0.15, 0.2) is 0 Å². The molecule has 0 spiro atoms. The van der Waals surface area contributed by atoms with Gasteiger partial charge < -0.3 is 14.5 Å². The van der Waals surface area contributed by atoms with Gasteiger partial charge in [-0.2, -0.15) is 0 Å². The van der Waals surface area contributed by atoms with E-state index in [0.29, 0.717) is 12.2 Å². The summed E-state index contributed by atoms with van der Waals surface area (Å²) in [6.07, 6.45) is 6.12. The van der Waals surface area contributed by atoms with Crippen LogP contribution >= 0.6 is 0 Å². The molecule has 0 radical (unpaired) electrons. The van der Waals surface area contributed by atoms with Crippen LogP contribution in [0.3, 0.4) is 0 Å². The van der Waals surface area contributed by atoms with Crippen LogP contribution in [0.4, 0.5) is 0 Å². The topological polar surface area (TPSA) is 15.7 Å². The standard InChI is InChI=1S/C14H28N2O/c1-3-15-9-5-7-13(11-15)17-14-8-6-10-16(4-2)12-14/h13-14H,3-12H2,1-2H3. The van der Waals surface area contributed by atoms with Crippen molar-refractivity contribution >= 4 is 0 Å². The normalized spacial score (nSPS) is 32.8. The van der Waals surface area contributed by atoms with Crippen LogP contribution < -0.4 is 0 Å². The molecule has 0 aromatic heterocycles. The van der Waals surface area contributed by atoms with Crippen molar-refractivity contribution in [2.24, 2.45) is 0 Å². The number of hydrogen-bond acceptors (Lipinski definition) is 3. The van der Waals surface area contributed by atoms with Gasteiger partial charge in [0.25, 0.3) is 0 Å². The van der Waals surface area contributed by atoms with Crippen LogP contribution in [0.5, 0.6) is 0 Å². The maximum Gasteiger partial charge on any atom is 0.0706 e. The summed E-state index contributed by atoms with van der Waals surface area (Å²) in [6, 6.07) is 0. The van der Waals surface area contributed by atoms with Crippen molar-refractivity contribution in [2.45, 2.75) is 51.7 Å². The molecule has 2 saturated heterocycles. The molecule has 3 heteroatoms. The van der Waals surface area contributed by atoms with Gasteiger partial charge in [0, 0.05) is 13.1 Å². The number of rotatable bonds is 4. The summed E-state index contributed by atoms with van der Waals surface area (Å²) in [5.74, 6) is 0. The van der Waals surface area contributed by atoms with E-state index in [1.807, 2.05) is 0 Å². The van der Waals surface area contributed by atoms with E-state index in [1.54, 1.807) is 0 Å². The van der Waals surface area contributed by atoms with E-state index >= 15 is 0 Å². The molecular formula is C14H28N2O. The summed E-state index contributed by atoms with van der Waals surface area (Å²) in [7, 11) is 0. The van der Waals surface area contributed by atoms with Gasteiger partial charge in [0.15, 0.2) is 0 Å². The number of likely N-dealkylation sites (N-methyl/N-ethyl adjacent to an activating group) is 2. The molecule has 2 aliphatic heterocycles. The lowest BCUT2D eigenvalue weighted by molar-refractivity contribution is -0.0720. The zero-order chi connectivity index (χ0) is 12.1. The summed E-state index contributed by atoms with van der Waals surface area (Å²) in [6.45, 7) is 11.7. The van der Waals surface area contributed by atoms with Crippen LogP contribution in [0.1, 0.15) is 39.5 Å². The van der Waals surface area contributed by atoms with E-state index in [9.17, 15) is 0 Å². The number of likely N-dealkylation sites (tertiary alicyclic amines) is 2. The molecule has 0 amide bonds. The summed E-state index contributed by atoms with van der Waals surface area (Å²) < 4.78 is 6.31. The molecule has 2 fully saturated rings. The van der Waals surface area contributed by atoms with Crippen LogP contribution in [0, 0.1) is 0 Å². The minimum atomic E-state index is 0.491. The Labute approximate surface area is 106 Å². The van der Waals surface area contributed by atoms with Gasteiger partial charge >= 0.3 is 0 Å². The molecule has 0 aromatic carbocycles. The third kappa shape index (κ3) is 3.94. The molecule has 17 heavy (non-hydrogen) atoms. The van der Waals surface area contributed by atoms with Gasteiger partial charge in [-0.15, -0.1) is 0 Å². The van der Waals surface area contributed by atoms with Gasteiger partial charge in [-0.3, -0.25) is 0 Å². The molecule has 2 unspecified atom stereocenters. The average Bonchev–Trinajstić information content (AvgIpc) is 2.39. The lowest BCUT2D eigenvalue weighted by atomic mass is 10.1. The first-order chi connectivity index (χ1) is 8.31. The van der Waals surface area contributed by atoms with Crippen molar-refractivity contribution < 1.29 is 4.74 Å². The number of piperidine rings is 2. The monoisotopic (exact) mass is 240 g/mol. The second-order valence-corrected chi connectivity index (χ2v) is 5.45. The maximum absolute atomic E-state index is 6.31. The van der Waals surface area contributed by atoms with Crippen molar-refractivity contribution in [3.05, 3.63) is 0 Å². The van der Waals surface area contributed by atoms with Gasteiger partial charge in [-0.25, -0.2) is 0 Å². The Morgan fingerprint density at radius 3 is 1.76 bits per heavy atom. The van der Waals surface area contributed by atoms with Crippen molar-refractivity contribution in [1.82, 2.24) is 9.80 Å². The lowest BCUT2D eigenvalue weighted by Gasteiger charge is -2.37. The summed E-state index contributed by atoms with van der Waals surface area (Å²) in [5.41, 5.74) is 0. The van der Waals surface area contributed by atoms with Gasteiger partial charge in [0.2, 0.25) is 0 Å². The third-order valence-electron chi connectivity index (χ3n) is 4.20. The minimum Gasteiger partial charge on any atom is -0.372 e. The van der Waals surface area contributed by atoms with Gasteiger partial charge in [0.1, 0.15) is 0 Å². The Balaban J connectivity index is 1.75. The van der Waals surface area contributed by atoms with Crippen molar-refractivity contribution in [3.8, 4) is 0 Å². The van der Waals surface area contributed by atoms with E-state index in [2.05, 4.69) is 23.6 Å². The quantitative estimate of drug-likeness (QED) is 0.747. The number of ether oxygens (including phenoxy) is 1. The van der Waals surface area contributed by atoms with Crippen molar-refractivity contribution in [2.75, 3.05) is 39.3 Å². The lowest BCUT2D eigenvalue weighted by Crippen LogP contribution is -2.45. The van der Waals surface area contributed by atoms with E-state index in [1.165, 1.54) is 51.9 Å². The number of nitrogens with zero attached hydrogens (tertiary/aromatic N) is 2. The Morgan fingerprint density at radius 1 is 0.882 bits per heavy atom. The molecule has 0 aliphatic carbocycles. The molecular weight excluding hydrogens is 212 g/mol. The molecule has 0 N–H and O–H groups in total. The molecule has 2 atom stereocenters. The Hall–Kier alpha value is -0.120. The van der Waals surface area contributed by atoms with Crippen molar-refractivity contribution in [1.29, 1.82) is 0 Å². The summed E-state index contributed by atoms with van der Waals surface area (Å²) in [5, 5.41) is 0. The predicted octanol–water partition coefficient (Wildman–Crippen LogP) is 1.97. The first-order valence-corrected chi connectivity index (χ1v) is 7.42. The zero-order valence-electron chi connectivity index (χ0n) is 11.5. The third-order valence-corrected chi connectivity index (χ3v) is 4.20. The SMILES string of the molecule is CCN1CCCC(OC2CCCN(CC)C2)C1. The Morgan fingerprint density at radius 2 is 1.35 bits per heavy atom. The second-order valence-electron chi connectivity index (χ2n) is 5.45. The van der Waals surface area contributed by atoms with Crippen LogP contribution in [0.25, 0.3) is 0 Å². The number of hydrogen-bond donors (Lipinski definition) is 0. The van der Waals surface area contributed by atoms with E-state index in [0.717, 1.165) is 13.1 Å². The van der Waals surface area contributed by atoms with E-state index in [-0.39, 0.29) is 0 Å². The molecule has 2 rings (SSSR count). The van der Waals surface area contributed by atoms with Crippen LogP contribution in [0.2, 0.25) is 0 Å². The Kier molecular flexibility index (Phi) is 5.26. The van der Waals surface area contributed by atoms with Gasteiger partial charge in [-0.1, -0.05) is 13.8 Å². The highest BCUT2D eigenvalue weighted by molar-refractivity contribution is 4.77. The molecule has 2 aliphatic rings. The highest BCUT2D eigenvalue weighted by atomic mass is 16.5. The smallest absolute Gasteiger partial charge is 0.0706 e. The summed E-state index contributed by atoms with van der Waals surface area (Å²) >= 11 is 0. The second kappa shape index (κ2) is 6.72. The average molecular weight is 240 g/mol. The fourth-order valence-corrected chi connectivity index (χ4v) is 3.09. The molecule has 2 heterocycles. The minimum absolute atomic E-state index is 0.491. The van der Waals surface area contributed by atoms with E-state index < -0.39 is 0 Å². The van der Waals surface area contributed by atoms with Gasteiger partial charge in [0.05, 0.1) is 12.2 Å². The van der Waals surface area contributed by atoms with Crippen molar-refractivity contribution in [3.63, 3.8) is 0 Å². The first kappa shape index (κ1) is 13.3. The molecule has 0 saturated carbocycles. The summed E-state index contributed by atoms with van der Waals surface area (Å²) in [4.78, 5) is 5.04. The molecule has 0 bridgehead atoms. The molecule has 100 valence electrons. The maximum atomic E-state index is 6.31. The van der Waals surface area contributed by atoms with Crippen LogP contribution in [-0.2, 0) is 4.74 Å². The highest BCUT2D eigenvalue weighted by Crippen LogP contribution is 2.19. The predicted molar refractivity (Wildman–Crippen MR) is 71.4 cm³/mol. The van der Waals surface area contributed by atoms with Crippen LogP contribution in [-0.4, -0.2) is 61.3 Å². The zero-order valence-corrected chi connectivity index (χ0v) is 11.5. The van der Waals surface area contributed by atoms with Gasteiger partial charge in [-0.05, 0) is 51.9 Å². The van der Waals surface area contributed by atoms with E-state index in [4.69, 9.17) is 4.74 Å². The Bertz CT molecular complexity index is 200. The fourth-order valence-electron chi connectivity index (χ4n) is 3.09.